The van der Waals surface area contributed by atoms with Crippen LogP contribution in [0.2, 0.25) is 0 Å². The number of hydrogen-bond donors (Lipinski definition) is 0. The average molecular weight is 351 g/mol. The maximum Gasteiger partial charge on any atom is 0.246 e. The molecule has 1 aliphatic heterocycles. The molecule has 0 radical (unpaired) electrons. The van der Waals surface area contributed by atoms with Crippen molar-refractivity contribution in [2.24, 2.45) is 0 Å². The Hall–Kier alpha value is -2.59. The van der Waals surface area contributed by atoms with E-state index in [1.807, 2.05) is 71.6 Å². The lowest BCUT2D eigenvalue weighted by Crippen LogP contribution is -2.54. The Labute approximate surface area is 155 Å². The van der Waals surface area contributed by atoms with Gasteiger partial charge in [-0.3, -0.25) is 4.79 Å². The van der Waals surface area contributed by atoms with Gasteiger partial charge in [0.15, 0.2) is 0 Å². The minimum atomic E-state index is -0.468. The highest BCUT2D eigenvalue weighted by molar-refractivity contribution is 5.91. The van der Waals surface area contributed by atoms with Gasteiger partial charge in [0.2, 0.25) is 5.91 Å². The molecule has 0 saturated carbocycles. The molecule has 4 heteroatoms. The lowest BCUT2D eigenvalue weighted by Gasteiger charge is -2.41. The fourth-order valence-electron chi connectivity index (χ4n) is 3.20. The van der Waals surface area contributed by atoms with E-state index in [1.165, 1.54) is 0 Å². The molecule has 0 aliphatic carbocycles. The number of amides is 1. The number of nitrogens with zero attached hydrogens (tertiary/aromatic N) is 1. The number of benzene rings is 2. The van der Waals surface area contributed by atoms with Gasteiger partial charge in [-0.1, -0.05) is 48.5 Å². The second-order valence-electron chi connectivity index (χ2n) is 6.60. The van der Waals surface area contributed by atoms with E-state index in [1.54, 1.807) is 13.2 Å². The molecule has 0 bridgehead atoms. The van der Waals surface area contributed by atoms with E-state index in [-0.39, 0.29) is 5.91 Å². The summed E-state index contributed by atoms with van der Waals surface area (Å²) in [4.78, 5) is 14.4. The van der Waals surface area contributed by atoms with Crippen LogP contribution in [0.4, 0.5) is 0 Å². The van der Waals surface area contributed by atoms with Crippen LogP contribution < -0.4 is 4.74 Å². The normalized spacial score (nSPS) is 20.3. The van der Waals surface area contributed by atoms with E-state index >= 15 is 0 Å². The SMILES string of the molecule is COC1(COc2ccccc2)CCCN(C(=O)C=Cc2ccccc2)C1. The molecule has 1 saturated heterocycles. The fraction of sp³-hybridized carbons (Fsp3) is 0.318. The maximum atomic E-state index is 12.6. The summed E-state index contributed by atoms with van der Waals surface area (Å²) in [6.07, 6.45) is 5.27. The van der Waals surface area contributed by atoms with E-state index in [0.717, 1.165) is 30.7 Å². The highest BCUT2D eigenvalue weighted by Crippen LogP contribution is 2.26. The standard InChI is InChI=1S/C22H25NO3/c1-25-22(18-26-20-11-6-3-7-12-20)15-8-16-23(17-22)21(24)14-13-19-9-4-2-5-10-19/h2-7,9-14H,8,15-18H2,1H3. The second-order valence-corrected chi connectivity index (χ2v) is 6.60. The number of carbonyl (C=O) groups is 1. The molecular formula is C22H25NO3. The van der Waals surface area contributed by atoms with Crippen molar-refractivity contribution in [2.75, 3.05) is 26.8 Å². The molecule has 4 nitrogen and oxygen atoms in total. The molecule has 0 N–H and O–H groups in total. The summed E-state index contributed by atoms with van der Waals surface area (Å²) in [5.41, 5.74) is 0.549. The van der Waals surface area contributed by atoms with Crippen LogP contribution in [-0.2, 0) is 9.53 Å². The van der Waals surface area contributed by atoms with Gasteiger partial charge in [0.25, 0.3) is 0 Å². The van der Waals surface area contributed by atoms with Gasteiger partial charge in [0, 0.05) is 19.7 Å². The van der Waals surface area contributed by atoms with Crippen molar-refractivity contribution in [1.82, 2.24) is 4.90 Å². The molecule has 0 aromatic heterocycles. The summed E-state index contributed by atoms with van der Waals surface area (Å²) < 4.78 is 11.7. The van der Waals surface area contributed by atoms with Crippen LogP contribution in [0.15, 0.2) is 66.7 Å². The van der Waals surface area contributed by atoms with Crippen LogP contribution in [0.5, 0.6) is 5.75 Å². The van der Waals surface area contributed by atoms with Gasteiger partial charge in [-0.25, -0.2) is 0 Å². The number of methoxy groups -OCH3 is 1. The Bertz CT molecular complexity index is 730. The molecule has 2 aromatic rings. The van der Waals surface area contributed by atoms with Crippen LogP contribution >= 0.6 is 0 Å². The number of hydrogen-bond acceptors (Lipinski definition) is 3. The van der Waals surface area contributed by atoms with Gasteiger partial charge >= 0.3 is 0 Å². The van der Waals surface area contributed by atoms with E-state index < -0.39 is 5.60 Å². The third-order valence-electron chi connectivity index (χ3n) is 4.75. The molecule has 1 fully saturated rings. The van der Waals surface area contributed by atoms with Crippen LogP contribution in [0, 0.1) is 0 Å². The number of carbonyl (C=O) groups excluding carboxylic acids is 1. The second kappa shape index (κ2) is 8.68. The smallest absolute Gasteiger partial charge is 0.246 e. The predicted molar refractivity (Wildman–Crippen MR) is 103 cm³/mol. The first kappa shape index (κ1) is 18.2. The first-order valence-corrected chi connectivity index (χ1v) is 8.96. The number of para-hydroxylation sites is 1. The topological polar surface area (TPSA) is 38.8 Å². The summed E-state index contributed by atoms with van der Waals surface area (Å²) >= 11 is 0. The maximum absolute atomic E-state index is 12.6. The molecule has 1 amide bonds. The van der Waals surface area contributed by atoms with Gasteiger partial charge in [-0.05, 0) is 36.6 Å². The molecule has 3 rings (SSSR count). The molecular weight excluding hydrogens is 326 g/mol. The third kappa shape index (κ3) is 4.73. The summed E-state index contributed by atoms with van der Waals surface area (Å²) in [5.74, 6) is 0.825. The molecule has 1 aliphatic rings. The quantitative estimate of drug-likeness (QED) is 0.744. The monoisotopic (exact) mass is 351 g/mol. The highest BCUT2D eigenvalue weighted by Gasteiger charge is 2.37. The van der Waals surface area contributed by atoms with Crippen molar-refractivity contribution >= 4 is 12.0 Å². The zero-order chi connectivity index (χ0) is 18.2. The fourth-order valence-corrected chi connectivity index (χ4v) is 3.20. The Morgan fingerprint density at radius 1 is 1.12 bits per heavy atom. The molecule has 1 heterocycles. The number of likely N-dealkylation sites (tertiary alicyclic amines) is 1. The summed E-state index contributed by atoms with van der Waals surface area (Å²) in [5, 5.41) is 0. The van der Waals surface area contributed by atoms with Crippen molar-refractivity contribution in [3.8, 4) is 5.75 Å². The largest absolute Gasteiger partial charge is 0.491 e. The van der Waals surface area contributed by atoms with Gasteiger partial charge < -0.3 is 14.4 Å². The Balaban J connectivity index is 1.62. The molecule has 2 aromatic carbocycles. The van der Waals surface area contributed by atoms with Crippen molar-refractivity contribution in [2.45, 2.75) is 18.4 Å². The van der Waals surface area contributed by atoms with Gasteiger partial charge in [-0.2, -0.15) is 0 Å². The highest BCUT2D eigenvalue weighted by atomic mass is 16.5. The zero-order valence-corrected chi connectivity index (χ0v) is 15.1. The predicted octanol–water partition coefficient (Wildman–Crippen LogP) is 3.79. The number of piperidine rings is 1. The Morgan fingerprint density at radius 3 is 2.50 bits per heavy atom. The van der Waals surface area contributed by atoms with Gasteiger partial charge in [-0.15, -0.1) is 0 Å². The van der Waals surface area contributed by atoms with Gasteiger partial charge in [0.05, 0.1) is 6.54 Å². The van der Waals surface area contributed by atoms with Gasteiger partial charge in [0.1, 0.15) is 18.0 Å². The van der Waals surface area contributed by atoms with E-state index in [2.05, 4.69) is 0 Å². The number of ether oxygens (including phenoxy) is 2. The first-order valence-electron chi connectivity index (χ1n) is 8.96. The van der Waals surface area contributed by atoms with Crippen LogP contribution in [0.3, 0.4) is 0 Å². The lowest BCUT2D eigenvalue weighted by molar-refractivity contribution is -0.138. The Kier molecular flexibility index (Phi) is 6.08. The minimum absolute atomic E-state index is 0.00897. The lowest BCUT2D eigenvalue weighted by atomic mass is 9.93. The summed E-state index contributed by atoms with van der Waals surface area (Å²) in [7, 11) is 1.70. The Morgan fingerprint density at radius 2 is 1.81 bits per heavy atom. The van der Waals surface area contributed by atoms with Crippen LogP contribution in [0.25, 0.3) is 6.08 Å². The van der Waals surface area contributed by atoms with Crippen molar-refractivity contribution in [1.29, 1.82) is 0 Å². The molecule has 26 heavy (non-hydrogen) atoms. The molecule has 0 spiro atoms. The third-order valence-corrected chi connectivity index (χ3v) is 4.75. The average Bonchev–Trinajstić information content (AvgIpc) is 2.72. The summed E-state index contributed by atoms with van der Waals surface area (Å²) in [6, 6.07) is 19.5. The van der Waals surface area contributed by atoms with E-state index in [9.17, 15) is 4.79 Å². The van der Waals surface area contributed by atoms with Crippen LogP contribution in [-0.4, -0.2) is 43.2 Å². The summed E-state index contributed by atoms with van der Waals surface area (Å²) in [6.45, 7) is 1.71. The molecule has 136 valence electrons. The zero-order valence-electron chi connectivity index (χ0n) is 15.1. The van der Waals surface area contributed by atoms with Crippen molar-refractivity contribution < 1.29 is 14.3 Å². The van der Waals surface area contributed by atoms with E-state index in [4.69, 9.17) is 9.47 Å². The van der Waals surface area contributed by atoms with Crippen molar-refractivity contribution in [3.05, 3.63) is 72.3 Å². The number of rotatable bonds is 6. The van der Waals surface area contributed by atoms with Crippen LogP contribution in [0.1, 0.15) is 18.4 Å². The van der Waals surface area contributed by atoms with Crippen molar-refractivity contribution in [3.63, 3.8) is 0 Å². The van der Waals surface area contributed by atoms with E-state index in [0.29, 0.717) is 13.2 Å². The first-order chi connectivity index (χ1) is 12.7. The molecule has 1 atom stereocenters. The minimum Gasteiger partial charge on any atom is -0.491 e. The molecule has 1 unspecified atom stereocenters.